The van der Waals surface area contributed by atoms with E-state index in [1.165, 1.54) is 12.1 Å². The first-order valence-electron chi connectivity index (χ1n) is 7.10. The summed E-state index contributed by atoms with van der Waals surface area (Å²) in [5, 5.41) is 4.47. The van der Waals surface area contributed by atoms with Crippen molar-refractivity contribution in [2.24, 2.45) is 0 Å². The molecule has 0 saturated heterocycles. The number of alkyl halides is 3. The van der Waals surface area contributed by atoms with Crippen molar-refractivity contribution in [3.8, 4) is 0 Å². The molecule has 2 heterocycles. The highest BCUT2D eigenvalue weighted by Gasteiger charge is 2.42. The molecule has 3 aromatic rings. The van der Waals surface area contributed by atoms with Crippen LogP contribution in [0.2, 0.25) is 5.15 Å². The van der Waals surface area contributed by atoms with E-state index in [9.17, 15) is 13.2 Å². The lowest BCUT2D eigenvalue weighted by atomic mass is 10.0. The summed E-state index contributed by atoms with van der Waals surface area (Å²) in [4.78, 5) is 4.27. The Morgan fingerprint density at radius 3 is 2.78 bits per heavy atom. The predicted octanol–water partition coefficient (Wildman–Crippen LogP) is 4.67. The van der Waals surface area contributed by atoms with Crippen LogP contribution in [0.1, 0.15) is 34.9 Å². The number of nitrogens with zero attached hydrogens (tertiary/aromatic N) is 3. The largest absolute Gasteiger partial charge is 0.416 e. The number of fused-ring (bicyclic) bond motifs is 1. The number of aromatic nitrogens is 3. The third kappa shape index (κ3) is 2.57. The van der Waals surface area contributed by atoms with Crippen molar-refractivity contribution in [2.75, 3.05) is 0 Å². The Morgan fingerprint density at radius 1 is 1.17 bits per heavy atom. The smallest absolute Gasteiger partial charge is 0.235 e. The molecule has 1 aliphatic rings. The van der Waals surface area contributed by atoms with Gasteiger partial charge in [0, 0.05) is 18.0 Å². The molecule has 0 spiro atoms. The maximum Gasteiger partial charge on any atom is 0.416 e. The van der Waals surface area contributed by atoms with Gasteiger partial charge < -0.3 is 0 Å². The molecule has 3 nitrogen and oxygen atoms in total. The summed E-state index contributed by atoms with van der Waals surface area (Å²) >= 11 is 6.02. The molecule has 0 amide bonds. The maximum absolute atomic E-state index is 12.9. The molecule has 0 unspecified atom stereocenters. The molecule has 0 aliphatic heterocycles. The average molecular weight is 338 g/mol. The first kappa shape index (κ1) is 14.5. The van der Waals surface area contributed by atoms with Gasteiger partial charge in [-0.3, -0.25) is 0 Å². The minimum Gasteiger partial charge on any atom is -0.235 e. The van der Waals surface area contributed by atoms with E-state index in [0.29, 0.717) is 16.4 Å². The summed E-state index contributed by atoms with van der Waals surface area (Å²) in [6.07, 6.45) is -0.211. The Balaban J connectivity index is 1.69. The highest BCUT2D eigenvalue weighted by molar-refractivity contribution is 6.29. The van der Waals surface area contributed by atoms with Gasteiger partial charge in [-0.2, -0.15) is 18.3 Å². The molecule has 0 radical (unpaired) electrons. The van der Waals surface area contributed by atoms with Crippen LogP contribution in [0.4, 0.5) is 13.2 Å². The van der Waals surface area contributed by atoms with Crippen molar-refractivity contribution in [2.45, 2.75) is 24.4 Å². The lowest BCUT2D eigenvalue weighted by Crippen LogP contribution is -2.05. The van der Waals surface area contributed by atoms with Crippen molar-refractivity contribution < 1.29 is 13.2 Å². The number of imidazole rings is 1. The molecule has 0 N–H and O–H groups in total. The first-order valence-corrected chi connectivity index (χ1v) is 7.48. The first-order chi connectivity index (χ1) is 10.9. The second-order valence-electron chi connectivity index (χ2n) is 5.69. The number of hydrogen-bond acceptors (Lipinski definition) is 2. The third-order valence-corrected chi connectivity index (χ3v) is 4.37. The van der Waals surface area contributed by atoms with Crippen LogP contribution in [-0.4, -0.2) is 14.6 Å². The van der Waals surface area contributed by atoms with Gasteiger partial charge in [-0.15, -0.1) is 0 Å². The second kappa shape index (κ2) is 4.96. The summed E-state index contributed by atoms with van der Waals surface area (Å²) in [6, 6.07) is 7.28. The molecule has 7 heteroatoms. The monoisotopic (exact) mass is 337 g/mol. The zero-order valence-corrected chi connectivity index (χ0v) is 12.5. The molecule has 1 fully saturated rings. The molecular formula is C16H11ClF3N3. The van der Waals surface area contributed by atoms with Crippen molar-refractivity contribution in [3.63, 3.8) is 0 Å². The number of rotatable bonds is 2. The van der Waals surface area contributed by atoms with E-state index in [2.05, 4.69) is 10.1 Å². The molecule has 1 aromatic carbocycles. The highest BCUT2D eigenvalue weighted by atomic mass is 35.5. The van der Waals surface area contributed by atoms with Gasteiger partial charge in [0.05, 0.1) is 5.56 Å². The maximum atomic E-state index is 12.9. The lowest BCUT2D eigenvalue weighted by Gasteiger charge is -2.09. The number of benzene rings is 1. The summed E-state index contributed by atoms with van der Waals surface area (Å²) in [5.41, 5.74) is 1.72. The summed E-state index contributed by atoms with van der Waals surface area (Å²) in [5.74, 6) is 0.167. The molecule has 2 atom stereocenters. The summed E-state index contributed by atoms with van der Waals surface area (Å²) in [6.45, 7) is 0. The fourth-order valence-corrected chi connectivity index (χ4v) is 3.23. The van der Waals surface area contributed by atoms with Gasteiger partial charge in [0.15, 0.2) is 5.65 Å². The van der Waals surface area contributed by atoms with Crippen molar-refractivity contribution in [3.05, 3.63) is 64.6 Å². The molecule has 4 rings (SSSR count). The summed E-state index contributed by atoms with van der Waals surface area (Å²) in [7, 11) is 0. The van der Waals surface area contributed by atoms with E-state index in [4.69, 9.17) is 11.6 Å². The Labute approximate surface area is 134 Å². The van der Waals surface area contributed by atoms with Crippen molar-refractivity contribution >= 4 is 17.2 Å². The van der Waals surface area contributed by atoms with E-state index in [0.717, 1.165) is 18.1 Å². The van der Waals surface area contributed by atoms with Crippen LogP contribution in [0, 0.1) is 0 Å². The van der Waals surface area contributed by atoms with Crippen LogP contribution < -0.4 is 0 Å². The van der Waals surface area contributed by atoms with E-state index < -0.39 is 11.7 Å². The normalized spacial score (nSPS) is 20.9. The minimum atomic E-state index is -4.32. The van der Waals surface area contributed by atoms with Crippen molar-refractivity contribution in [1.29, 1.82) is 0 Å². The minimum absolute atomic E-state index is 0.0521. The fraction of sp³-hybridized carbons (Fsp3) is 0.250. The van der Waals surface area contributed by atoms with Gasteiger partial charge in [0.2, 0.25) is 0 Å². The van der Waals surface area contributed by atoms with Gasteiger partial charge in [-0.05, 0) is 36.0 Å². The third-order valence-electron chi connectivity index (χ3n) is 4.19. The van der Waals surface area contributed by atoms with Gasteiger partial charge in [-0.1, -0.05) is 29.8 Å². The SMILES string of the molecule is FC(F)(F)c1cccc([C@H]2C[C@@H]2c2cc(Cl)nn3ccnc23)c1. The zero-order chi connectivity index (χ0) is 16.2. The lowest BCUT2D eigenvalue weighted by molar-refractivity contribution is -0.137. The summed E-state index contributed by atoms with van der Waals surface area (Å²) < 4.78 is 40.2. The number of halogens is 4. The van der Waals surface area contributed by atoms with Crippen LogP contribution in [0.5, 0.6) is 0 Å². The topological polar surface area (TPSA) is 30.2 Å². The van der Waals surface area contributed by atoms with Crippen LogP contribution in [0.3, 0.4) is 0 Å². The molecule has 2 aromatic heterocycles. The van der Waals surface area contributed by atoms with Gasteiger partial charge in [0.1, 0.15) is 5.15 Å². The van der Waals surface area contributed by atoms with Crippen LogP contribution >= 0.6 is 11.6 Å². The standard InChI is InChI=1S/C16H11ClF3N3/c17-14-8-13(15-21-4-5-23(15)22-14)12-7-11(12)9-2-1-3-10(6-9)16(18,19)20/h1-6,8,11-12H,7H2/t11-,12+/m1/s1. The Hall–Kier alpha value is -2.08. The van der Waals surface area contributed by atoms with Gasteiger partial charge >= 0.3 is 6.18 Å². The average Bonchev–Trinajstić information content (AvgIpc) is 3.16. The van der Waals surface area contributed by atoms with Crippen molar-refractivity contribution in [1.82, 2.24) is 14.6 Å². The van der Waals surface area contributed by atoms with E-state index in [1.807, 2.05) is 0 Å². The molecule has 0 bridgehead atoms. The fourth-order valence-electron chi connectivity index (χ4n) is 3.03. The zero-order valence-electron chi connectivity index (χ0n) is 11.8. The Bertz CT molecular complexity index is 888. The molecule has 1 aliphatic carbocycles. The van der Waals surface area contributed by atoms with E-state index >= 15 is 0 Å². The van der Waals surface area contributed by atoms with E-state index in [1.54, 1.807) is 29.0 Å². The van der Waals surface area contributed by atoms with Crippen LogP contribution in [0.15, 0.2) is 42.7 Å². The highest BCUT2D eigenvalue weighted by Crippen LogP contribution is 2.56. The van der Waals surface area contributed by atoms with Gasteiger partial charge in [0.25, 0.3) is 0 Å². The predicted molar refractivity (Wildman–Crippen MR) is 79.5 cm³/mol. The molecule has 23 heavy (non-hydrogen) atoms. The molecular weight excluding hydrogens is 327 g/mol. The quantitative estimate of drug-likeness (QED) is 0.680. The second-order valence-corrected chi connectivity index (χ2v) is 6.08. The molecule has 1 saturated carbocycles. The van der Waals surface area contributed by atoms with Crippen LogP contribution in [0.25, 0.3) is 5.65 Å². The molecule has 118 valence electrons. The number of hydrogen-bond donors (Lipinski definition) is 0. The van der Waals surface area contributed by atoms with E-state index in [-0.39, 0.29) is 11.8 Å². The van der Waals surface area contributed by atoms with Gasteiger partial charge in [-0.25, -0.2) is 9.50 Å². The Morgan fingerprint density at radius 2 is 2.00 bits per heavy atom. The van der Waals surface area contributed by atoms with Crippen LogP contribution in [-0.2, 0) is 6.18 Å². The Kier molecular flexibility index (Phi) is 3.13.